The molecule has 30 heavy (non-hydrogen) atoms. The number of nitriles is 1. The summed E-state index contributed by atoms with van der Waals surface area (Å²) < 4.78 is 0. The SMILES string of the molecule is CC(=O)Nc1ccc(NC(=O)c2ccc(C(=O)Nc3cccc(C#N)c3)cc2)cc1. The van der Waals surface area contributed by atoms with Crippen molar-refractivity contribution in [3.05, 3.63) is 89.5 Å². The van der Waals surface area contributed by atoms with Gasteiger partial charge < -0.3 is 16.0 Å². The number of benzene rings is 3. The van der Waals surface area contributed by atoms with Gasteiger partial charge in [-0.25, -0.2) is 0 Å². The second kappa shape index (κ2) is 9.17. The molecule has 0 heterocycles. The number of carbonyl (C=O) groups is 3. The molecule has 0 bridgehead atoms. The van der Waals surface area contributed by atoms with E-state index in [0.29, 0.717) is 33.8 Å². The van der Waals surface area contributed by atoms with Gasteiger partial charge >= 0.3 is 0 Å². The molecule has 0 spiro atoms. The van der Waals surface area contributed by atoms with E-state index in [0.717, 1.165) is 0 Å². The highest BCUT2D eigenvalue weighted by Gasteiger charge is 2.10. The molecule has 3 N–H and O–H groups in total. The molecule has 0 fully saturated rings. The van der Waals surface area contributed by atoms with Gasteiger partial charge in [0.25, 0.3) is 11.8 Å². The molecule has 0 aliphatic carbocycles. The number of carbonyl (C=O) groups excluding carboxylic acids is 3. The van der Waals surface area contributed by atoms with Crippen LogP contribution >= 0.6 is 0 Å². The van der Waals surface area contributed by atoms with E-state index in [1.54, 1.807) is 72.8 Å². The largest absolute Gasteiger partial charge is 0.326 e. The fourth-order valence-electron chi connectivity index (χ4n) is 2.69. The number of amides is 3. The van der Waals surface area contributed by atoms with Gasteiger partial charge in [-0.05, 0) is 66.7 Å². The Bertz CT molecular complexity index is 1130. The first-order chi connectivity index (χ1) is 14.4. The summed E-state index contributed by atoms with van der Waals surface area (Å²) in [6.07, 6.45) is 0. The minimum absolute atomic E-state index is 0.173. The Hall–Kier alpha value is -4.44. The van der Waals surface area contributed by atoms with Gasteiger partial charge in [-0.3, -0.25) is 14.4 Å². The lowest BCUT2D eigenvalue weighted by Gasteiger charge is -2.08. The summed E-state index contributed by atoms with van der Waals surface area (Å²) in [5.74, 6) is -0.838. The minimum atomic E-state index is -0.342. The van der Waals surface area contributed by atoms with Crippen LogP contribution in [0.4, 0.5) is 17.1 Å². The summed E-state index contributed by atoms with van der Waals surface area (Å²) in [7, 11) is 0. The Balaban J connectivity index is 1.63. The molecule has 0 unspecified atom stereocenters. The Morgan fingerprint density at radius 2 is 1.20 bits per heavy atom. The molecule has 3 amide bonds. The number of hydrogen-bond donors (Lipinski definition) is 3. The molecule has 3 aromatic carbocycles. The third kappa shape index (κ3) is 5.30. The van der Waals surface area contributed by atoms with Gasteiger partial charge in [-0.15, -0.1) is 0 Å². The molecule has 0 saturated carbocycles. The Labute approximate surface area is 173 Å². The van der Waals surface area contributed by atoms with E-state index in [9.17, 15) is 14.4 Å². The summed E-state index contributed by atoms with van der Waals surface area (Å²) >= 11 is 0. The first-order valence-corrected chi connectivity index (χ1v) is 9.05. The maximum absolute atomic E-state index is 12.4. The van der Waals surface area contributed by atoms with Crippen molar-refractivity contribution in [2.45, 2.75) is 6.92 Å². The van der Waals surface area contributed by atoms with Crippen LogP contribution in [0.3, 0.4) is 0 Å². The first kappa shape index (κ1) is 20.3. The maximum Gasteiger partial charge on any atom is 0.255 e. The van der Waals surface area contributed by atoms with Crippen molar-refractivity contribution in [2.24, 2.45) is 0 Å². The summed E-state index contributed by atoms with van der Waals surface area (Å²) in [5, 5.41) is 17.1. The van der Waals surface area contributed by atoms with Crippen molar-refractivity contribution in [2.75, 3.05) is 16.0 Å². The summed E-state index contributed by atoms with van der Waals surface area (Å²) in [6.45, 7) is 1.42. The lowest BCUT2D eigenvalue weighted by Crippen LogP contribution is -2.14. The Kier molecular flexibility index (Phi) is 6.20. The monoisotopic (exact) mass is 398 g/mol. The Morgan fingerprint density at radius 1 is 0.700 bits per heavy atom. The van der Waals surface area contributed by atoms with E-state index in [2.05, 4.69) is 16.0 Å². The average Bonchev–Trinajstić information content (AvgIpc) is 2.75. The predicted molar refractivity (Wildman–Crippen MR) is 114 cm³/mol. The van der Waals surface area contributed by atoms with Gasteiger partial charge in [0, 0.05) is 35.1 Å². The number of hydrogen-bond acceptors (Lipinski definition) is 4. The summed E-state index contributed by atoms with van der Waals surface area (Å²) in [6, 6.07) is 21.6. The highest BCUT2D eigenvalue weighted by atomic mass is 16.2. The molecular formula is C23H18N4O3. The van der Waals surface area contributed by atoms with E-state index in [1.165, 1.54) is 6.92 Å². The van der Waals surface area contributed by atoms with Crippen molar-refractivity contribution in [1.82, 2.24) is 0 Å². The van der Waals surface area contributed by atoms with E-state index in [1.807, 2.05) is 6.07 Å². The third-order valence-corrected chi connectivity index (χ3v) is 4.12. The van der Waals surface area contributed by atoms with Crippen LogP contribution in [-0.2, 0) is 4.79 Å². The second-order valence-electron chi connectivity index (χ2n) is 6.44. The van der Waals surface area contributed by atoms with Crippen molar-refractivity contribution >= 4 is 34.8 Å². The topological polar surface area (TPSA) is 111 Å². The standard InChI is InChI=1S/C23H18N4O3/c1-15(28)25-19-9-11-20(12-10-19)26-22(29)17-5-7-18(8-6-17)23(30)27-21-4-2-3-16(13-21)14-24/h2-13H,1H3,(H,25,28)(H,26,29)(H,27,30). The van der Waals surface area contributed by atoms with Gasteiger partial charge in [0.1, 0.15) is 0 Å². The maximum atomic E-state index is 12.4. The van der Waals surface area contributed by atoms with Crippen LogP contribution in [0, 0.1) is 11.3 Å². The normalized spacial score (nSPS) is 9.87. The average molecular weight is 398 g/mol. The first-order valence-electron chi connectivity index (χ1n) is 9.05. The molecule has 0 aliphatic rings. The molecule has 7 heteroatoms. The van der Waals surface area contributed by atoms with Gasteiger partial charge in [0.05, 0.1) is 11.6 Å². The molecule has 148 valence electrons. The molecule has 3 rings (SSSR count). The van der Waals surface area contributed by atoms with Gasteiger partial charge in [0.2, 0.25) is 5.91 Å². The summed E-state index contributed by atoms with van der Waals surface area (Å²) in [5.41, 5.74) is 2.95. The van der Waals surface area contributed by atoms with Gasteiger partial charge in [-0.1, -0.05) is 6.07 Å². The fourth-order valence-corrected chi connectivity index (χ4v) is 2.69. The molecule has 0 aliphatic heterocycles. The Morgan fingerprint density at radius 3 is 1.70 bits per heavy atom. The zero-order chi connectivity index (χ0) is 21.5. The molecule has 0 radical (unpaired) electrons. The lowest BCUT2D eigenvalue weighted by molar-refractivity contribution is -0.114. The van der Waals surface area contributed by atoms with Crippen LogP contribution in [0.5, 0.6) is 0 Å². The molecular weight excluding hydrogens is 380 g/mol. The van der Waals surface area contributed by atoms with Crippen molar-refractivity contribution in [1.29, 1.82) is 5.26 Å². The smallest absolute Gasteiger partial charge is 0.255 e. The zero-order valence-corrected chi connectivity index (χ0v) is 16.1. The number of nitrogens with zero attached hydrogens (tertiary/aromatic N) is 1. The molecule has 7 nitrogen and oxygen atoms in total. The number of nitrogens with one attached hydrogen (secondary N) is 3. The van der Waals surface area contributed by atoms with Crippen LogP contribution in [0.25, 0.3) is 0 Å². The fraction of sp³-hybridized carbons (Fsp3) is 0.0435. The van der Waals surface area contributed by atoms with Gasteiger partial charge in [0.15, 0.2) is 0 Å². The van der Waals surface area contributed by atoms with Crippen molar-refractivity contribution in [3.63, 3.8) is 0 Å². The van der Waals surface area contributed by atoms with Crippen LogP contribution in [-0.4, -0.2) is 17.7 Å². The van der Waals surface area contributed by atoms with Crippen molar-refractivity contribution in [3.8, 4) is 6.07 Å². The zero-order valence-electron chi connectivity index (χ0n) is 16.1. The van der Waals surface area contributed by atoms with Crippen LogP contribution < -0.4 is 16.0 Å². The molecule has 0 saturated heterocycles. The van der Waals surface area contributed by atoms with Crippen molar-refractivity contribution < 1.29 is 14.4 Å². The van der Waals surface area contributed by atoms with Gasteiger partial charge in [-0.2, -0.15) is 5.26 Å². The number of anilines is 3. The van der Waals surface area contributed by atoms with E-state index >= 15 is 0 Å². The highest BCUT2D eigenvalue weighted by Crippen LogP contribution is 2.16. The lowest BCUT2D eigenvalue weighted by atomic mass is 10.1. The highest BCUT2D eigenvalue weighted by molar-refractivity contribution is 6.07. The molecule has 0 aromatic heterocycles. The van der Waals surface area contributed by atoms with E-state index < -0.39 is 0 Å². The quantitative estimate of drug-likeness (QED) is 0.603. The van der Waals surface area contributed by atoms with Crippen LogP contribution in [0.15, 0.2) is 72.8 Å². The van der Waals surface area contributed by atoms with E-state index in [4.69, 9.17) is 5.26 Å². The van der Waals surface area contributed by atoms with E-state index in [-0.39, 0.29) is 17.7 Å². The molecule has 0 atom stereocenters. The number of rotatable bonds is 5. The van der Waals surface area contributed by atoms with Crippen LogP contribution in [0.2, 0.25) is 0 Å². The molecule has 3 aromatic rings. The predicted octanol–water partition coefficient (Wildman–Crippen LogP) is 4.02. The minimum Gasteiger partial charge on any atom is -0.326 e. The van der Waals surface area contributed by atoms with Crippen LogP contribution in [0.1, 0.15) is 33.2 Å². The second-order valence-corrected chi connectivity index (χ2v) is 6.44. The third-order valence-electron chi connectivity index (χ3n) is 4.12. The summed E-state index contributed by atoms with van der Waals surface area (Å²) in [4.78, 5) is 35.8.